The molecule has 0 saturated carbocycles. The third-order valence-electron chi connectivity index (χ3n) is 2.55. The van der Waals surface area contributed by atoms with Gasteiger partial charge in [0.1, 0.15) is 11.4 Å². The average molecular weight is 272 g/mol. The minimum absolute atomic E-state index is 0.134. The number of nitro benzene ring substituents is 1. The maximum absolute atomic E-state index is 11.7. The first-order chi connectivity index (χ1) is 9.56. The summed E-state index contributed by atoms with van der Waals surface area (Å²) in [6.45, 7) is 1.75. The van der Waals surface area contributed by atoms with Crippen molar-refractivity contribution in [3.8, 4) is 0 Å². The van der Waals surface area contributed by atoms with E-state index in [1.807, 2.05) is 0 Å². The van der Waals surface area contributed by atoms with Gasteiger partial charge in [-0.3, -0.25) is 14.9 Å². The summed E-state index contributed by atoms with van der Waals surface area (Å²) in [7, 11) is 0. The Morgan fingerprint density at radius 1 is 1.40 bits per heavy atom. The molecule has 6 nitrogen and oxygen atoms in total. The molecule has 0 fully saturated rings. The highest BCUT2D eigenvalue weighted by molar-refractivity contribution is 6.03. The fourth-order valence-electron chi connectivity index (χ4n) is 1.62. The standard InChI is InChI=1S/C14H12N2O4/c1-10-4-6-12(13(9-10)16(18)19)15-14(17)7-5-11-3-2-8-20-11/h2-9H,1H3,(H,15,17)/b7-5+. The highest BCUT2D eigenvalue weighted by atomic mass is 16.6. The molecule has 0 bridgehead atoms. The molecule has 2 aromatic rings. The number of benzene rings is 1. The molecule has 1 aromatic heterocycles. The van der Waals surface area contributed by atoms with Gasteiger partial charge in [0.05, 0.1) is 11.2 Å². The second-order valence-corrected chi connectivity index (χ2v) is 4.12. The van der Waals surface area contributed by atoms with Gasteiger partial charge in [0.2, 0.25) is 5.91 Å². The van der Waals surface area contributed by atoms with Crippen molar-refractivity contribution >= 4 is 23.4 Å². The molecule has 1 N–H and O–H groups in total. The van der Waals surface area contributed by atoms with Crippen LogP contribution in [0.15, 0.2) is 47.1 Å². The second-order valence-electron chi connectivity index (χ2n) is 4.12. The highest BCUT2D eigenvalue weighted by Gasteiger charge is 2.14. The van der Waals surface area contributed by atoms with Gasteiger partial charge in [-0.05, 0) is 36.8 Å². The van der Waals surface area contributed by atoms with Crippen molar-refractivity contribution < 1.29 is 14.1 Å². The van der Waals surface area contributed by atoms with Crippen molar-refractivity contribution in [3.63, 3.8) is 0 Å². The predicted molar refractivity (Wildman–Crippen MR) is 74.2 cm³/mol. The summed E-state index contributed by atoms with van der Waals surface area (Å²) in [5.41, 5.74) is 0.778. The van der Waals surface area contributed by atoms with Crippen LogP contribution < -0.4 is 5.32 Å². The van der Waals surface area contributed by atoms with Crippen molar-refractivity contribution in [2.75, 3.05) is 5.32 Å². The lowest BCUT2D eigenvalue weighted by Gasteiger charge is -2.04. The molecule has 6 heteroatoms. The summed E-state index contributed by atoms with van der Waals surface area (Å²) in [6, 6.07) is 8.00. The van der Waals surface area contributed by atoms with Crippen molar-refractivity contribution in [1.82, 2.24) is 0 Å². The molecule has 1 heterocycles. The van der Waals surface area contributed by atoms with E-state index in [0.717, 1.165) is 5.56 Å². The van der Waals surface area contributed by atoms with E-state index in [-0.39, 0.29) is 11.4 Å². The van der Waals surface area contributed by atoms with Gasteiger partial charge in [0.15, 0.2) is 0 Å². The Morgan fingerprint density at radius 3 is 2.85 bits per heavy atom. The number of amides is 1. The number of rotatable bonds is 4. The van der Waals surface area contributed by atoms with Gasteiger partial charge in [-0.15, -0.1) is 0 Å². The van der Waals surface area contributed by atoms with E-state index in [1.165, 1.54) is 30.5 Å². The molecule has 0 radical (unpaired) electrons. The van der Waals surface area contributed by atoms with E-state index in [0.29, 0.717) is 5.76 Å². The molecule has 0 aliphatic carbocycles. The molecule has 1 aromatic carbocycles. The monoisotopic (exact) mass is 272 g/mol. The van der Waals surface area contributed by atoms with Gasteiger partial charge in [-0.1, -0.05) is 6.07 Å². The SMILES string of the molecule is Cc1ccc(NC(=O)/C=C/c2ccco2)c([N+](=O)[O-])c1. The third kappa shape index (κ3) is 3.32. The Bertz CT molecular complexity index is 660. The molecule has 0 atom stereocenters. The van der Waals surface area contributed by atoms with Gasteiger partial charge in [0, 0.05) is 12.1 Å². The summed E-state index contributed by atoms with van der Waals surface area (Å²) >= 11 is 0. The fraction of sp³-hybridized carbons (Fsp3) is 0.0714. The fourth-order valence-corrected chi connectivity index (χ4v) is 1.62. The number of anilines is 1. The first-order valence-electron chi connectivity index (χ1n) is 5.84. The smallest absolute Gasteiger partial charge is 0.293 e. The van der Waals surface area contributed by atoms with E-state index >= 15 is 0 Å². The minimum Gasteiger partial charge on any atom is -0.465 e. The molecule has 0 saturated heterocycles. The van der Waals surface area contributed by atoms with Crippen LogP contribution in [0.4, 0.5) is 11.4 Å². The molecule has 2 rings (SSSR count). The van der Waals surface area contributed by atoms with Crippen LogP contribution in [-0.2, 0) is 4.79 Å². The van der Waals surface area contributed by atoms with Crippen molar-refractivity contribution in [2.24, 2.45) is 0 Å². The molecule has 1 amide bonds. The normalized spacial score (nSPS) is 10.7. The van der Waals surface area contributed by atoms with Crippen LogP contribution in [0.1, 0.15) is 11.3 Å². The van der Waals surface area contributed by atoms with Gasteiger partial charge in [-0.25, -0.2) is 0 Å². The largest absolute Gasteiger partial charge is 0.465 e. The lowest BCUT2D eigenvalue weighted by Crippen LogP contribution is -2.09. The van der Waals surface area contributed by atoms with Crippen LogP contribution in [0.5, 0.6) is 0 Å². The Labute approximate surface area is 114 Å². The zero-order valence-electron chi connectivity index (χ0n) is 10.7. The minimum atomic E-state index is -0.529. The second kappa shape index (κ2) is 5.83. The van der Waals surface area contributed by atoms with Gasteiger partial charge in [0.25, 0.3) is 5.69 Å². The maximum atomic E-state index is 11.7. The number of nitro groups is 1. The number of hydrogen-bond acceptors (Lipinski definition) is 4. The van der Waals surface area contributed by atoms with E-state index in [1.54, 1.807) is 25.1 Å². The molecule has 0 unspecified atom stereocenters. The first-order valence-corrected chi connectivity index (χ1v) is 5.84. The van der Waals surface area contributed by atoms with Gasteiger partial charge in [-0.2, -0.15) is 0 Å². The summed E-state index contributed by atoms with van der Waals surface area (Å²) in [6.07, 6.45) is 4.22. The van der Waals surface area contributed by atoms with Crippen molar-refractivity contribution in [2.45, 2.75) is 6.92 Å². The van der Waals surface area contributed by atoms with E-state index in [9.17, 15) is 14.9 Å². The number of carbonyl (C=O) groups is 1. The Balaban J connectivity index is 2.13. The number of aryl methyl sites for hydroxylation is 1. The zero-order valence-corrected chi connectivity index (χ0v) is 10.7. The molecule has 102 valence electrons. The number of hydrogen-bond donors (Lipinski definition) is 1. The quantitative estimate of drug-likeness (QED) is 0.526. The van der Waals surface area contributed by atoms with Gasteiger partial charge >= 0.3 is 0 Å². The Kier molecular flexibility index (Phi) is 3.95. The lowest BCUT2D eigenvalue weighted by atomic mass is 10.2. The van der Waals surface area contributed by atoms with Crippen LogP contribution >= 0.6 is 0 Å². The maximum Gasteiger partial charge on any atom is 0.293 e. The summed E-state index contributed by atoms with van der Waals surface area (Å²) < 4.78 is 5.04. The molecular weight excluding hydrogens is 260 g/mol. The predicted octanol–water partition coefficient (Wildman–Crippen LogP) is 3.15. The third-order valence-corrected chi connectivity index (χ3v) is 2.55. The number of carbonyl (C=O) groups excluding carboxylic acids is 1. The first kappa shape index (κ1) is 13.5. The molecule has 0 aliphatic heterocycles. The lowest BCUT2D eigenvalue weighted by molar-refractivity contribution is -0.384. The highest BCUT2D eigenvalue weighted by Crippen LogP contribution is 2.25. The number of furan rings is 1. The summed E-state index contributed by atoms with van der Waals surface area (Å²) in [5, 5.41) is 13.4. The summed E-state index contributed by atoms with van der Waals surface area (Å²) in [5.74, 6) is 0.0620. The van der Waals surface area contributed by atoms with Crippen LogP contribution in [0.3, 0.4) is 0 Å². The van der Waals surface area contributed by atoms with Crippen LogP contribution in [-0.4, -0.2) is 10.8 Å². The summed E-state index contributed by atoms with van der Waals surface area (Å²) in [4.78, 5) is 22.1. The molecular formula is C14H12N2O4. The molecule has 0 aliphatic rings. The van der Waals surface area contributed by atoms with Gasteiger partial charge < -0.3 is 9.73 Å². The van der Waals surface area contributed by atoms with E-state index in [4.69, 9.17) is 4.42 Å². The molecule has 0 spiro atoms. The van der Waals surface area contributed by atoms with Crippen LogP contribution in [0.2, 0.25) is 0 Å². The Morgan fingerprint density at radius 2 is 2.20 bits per heavy atom. The Hall–Kier alpha value is -2.89. The zero-order chi connectivity index (χ0) is 14.5. The van der Waals surface area contributed by atoms with Crippen LogP contribution in [0, 0.1) is 17.0 Å². The number of nitrogens with one attached hydrogen (secondary N) is 1. The van der Waals surface area contributed by atoms with Crippen molar-refractivity contribution in [3.05, 3.63) is 64.1 Å². The van der Waals surface area contributed by atoms with E-state index < -0.39 is 10.8 Å². The number of nitrogens with zero attached hydrogens (tertiary/aromatic N) is 1. The molecule has 20 heavy (non-hydrogen) atoms. The average Bonchev–Trinajstić information content (AvgIpc) is 2.91. The van der Waals surface area contributed by atoms with E-state index in [2.05, 4.69) is 5.32 Å². The van der Waals surface area contributed by atoms with Crippen LogP contribution in [0.25, 0.3) is 6.08 Å². The van der Waals surface area contributed by atoms with Crippen molar-refractivity contribution in [1.29, 1.82) is 0 Å². The topological polar surface area (TPSA) is 85.4 Å².